The van der Waals surface area contributed by atoms with Crippen LogP contribution >= 0.6 is 15.6 Å². The summed E-state index contributed by atoms with van der Waals surface area (Å²) in [4.78, 5) is 72.9. The molecule has 0 saturated heterocycles. The molecule has 0 heterocycles. The molecule has 0 aromatic rings. The summed E-state index contributed by atoms with van der Waals surface area (Å²) < 4.78 is 68.6. The molecule has 0 aliphatic rings. The lowest BCUT2D eigenvalue weighted by molar-refractivity contribution is -0.161. The van der Waals surface area contributed by atoms with Crippen molar-refractivity contribution in [2.75, 3.05) is 39.6 Å². The largest absolute Gasteiger partial charge is 0.472 e. The van der Waals surface area contributed by atoms with E-state index < -0.39 is 97.5 Å². The van der Waals surface area contributed by atoms with Crippen molar-refractivity contribution in [3.8, 4) is 0 Å². The van der Waals surface area contributed by atoms with Crippen molar-refractivity contribution < 1.29 is 80.2 Å². The van der Waals surface area contributed by atoms with E-state index >= 15 is 0 Å². The van der Waals surface area contributed by atoms with Crippen molar-refractivity contribution in [1.29, 1.82) is 0 Å². The highest BCUT2D eigenvalue weighted by Gasteiger charge is 2.30. The van der Waals surface area contributed by atoms with Crippen molar-refractivity contribution in [1.82, 2.24) is 0 Å². The van der Waals surface area contributed by atoms with Crippen LogP contribution in [0.3, 0.4) is 0 Å². The molecule has 96 heavy (non-hydrogen) atoms. The quantitative estimate of drug-likeness (QED) is 0.0169. The number of aliphatic hydroxyl groups excluding tert-OH is 1. The Morgan fingerprint density at radius 1 is 0.281 bits per heavy atom. The topological polar surface area (TPSA) is 237 Å². The molecule has 5 atom stereocenters. The summed E-state index contributed by atoms with van der Waals surface area (Å²) in [6.07, 6.45) is 63.3. The minimum atomic E-state index is -4.96. The zero-order valence-corrected chi connectivity index (χ0v) is 63.9. The second-order valence-electron chi connectivity index (χ2n) is 27.4. The lowest BCUT2D eigenvalue weighted by Crippen LogP contribution is -2.30. The van der Waals surface area contributed by atoms with Crippen LogP contribution in [0.15, 0.2) is 12.2 Å². The van der Waals surface area contributed by atoms with E-state index in [1.165, 1.54) is 218 Å². The molecule has 0 spiro atoms. The van der Waals surface area contributed by atoms with E-state index in [1.54, 1.807) is 0 Å². The number of carbonyl (C=O) groups is 4. The first-order valence-corrected chi connectivity index (χ1v) is 42.9. The molecule has 568 valence electrons. The Labute approximate surface area is 587 Å². The van der Waals surface area contributed by atoms with Gasteiger partial charge in [0, 0.05) is 25.7 Å². The Morgan fingerprint density at radius 3 is 0.729 bits per heavy atom. The van der Waals surface area contributed by atoms with E-state index in [4.69, 9.17) is 37.0 Å². The summed E-state index contributed by atoms with van der Waals surface area (Å²) in [5.74, 6) is -2.12. The molecule has 0 radical (unpaired) electrons. The number of hydrogen-bond donors (Lipinski definition) is 3. The second kappa shape index (κ2) is 71.2. The van der Waals surface area contributed by atoms with Gasteiger partial charge in [0.2, 0.25) is 0 Å². The van der Waals surface area contributed by atoms with Crippen molar-refractivity contribution in [2.45, 2.75) is 418 Å². The van der Waals surface area contributed by atoms with Crippen LogP contribution in [-0.4, -0.2) is 96.7 Å². The second-order valence-corrected chi connectivity index (χ2v) is 30.3. The SMILES string of the molecule is CCCCCC/C=C\CCCCCCCC(=O)O[C@H](COC(=O)CCCCCCCCCCCCCCCCC)COP(=O)(O)OC[C@@H](O)COP(=O)(O)OC[C@@H](COC(=O)CCCCCCCCCCCCCCC)OC(=O)CCCCCCCCCCCCCCCCC. The highest BCUT2D eigenvalue weighted by Crippen LogP contribution is 2.45. The number of rotatable bonds is 77. The number of ether oxygens (including phenoxy) is 4. The number of hydrogen-bond acceptors (Lipinski definition) is 15. The number of unbranched alkanes of at least 4 members (excludes halogenated alkanes) is 49. The van der Waals surface area contributed by atoms with Gasteiger partial charge in [0.25, 0.3) is 0 Å². The zero-order valence-electron chi connectivity index (χ0n) is 62.1. The first-order chi connectivity index (χ1) is 46.7. The Morgan fingerprint density at radius 2 is 0.479 bits per heavy atom. The van der Waals surface area contributed by atoms with Crippen LogP contribution in [0.2, 0.25) is 0 Å². The van der Waals surface area contributed by atoms with Crippen LogP contribution in [0.25, 0.3) is 0 Å². The fourth-order valence-electron chi connectivity index (χ4n) is 11.6. The third kappa shape index (κ3) is 70.2. The molecular formula is C77H148O17P2. The fourth-order valence-corrected chi connectivity index (χ4v) is 13.2. The number of allylic oxidation sites excluding steroid dienone is 2. The van der Waals surface area contributed by atoms with Crippen LogP contribution in [0.4, 0.5) is 0 Å². The first-order valence-electron chi connectivity index (χ1n) is 39.9. The minimum Gasteiger partial charge on any atom is -0.462 e. The maximum atomic E-state index is 13.1. The van der Waals surface area contributed by atoms with Crippen LogP contribution in [0, 0.1) is 0 Å². The third-order valence-electron chi connectivity index (χ3n) is 17.8. The smallest absolute Gasteiger partial charge is 0.462 e. The molecule has 3 N–H and O–H groups in total. The Bertz CT molecular complexity index is 1870. The van der Waals surface area contributed by atoms with Gasteiger partial charge in [-0.1, -0.05) is 335 Å². The fraction of sp³-hybridized carbons (Fsp3) is 0.922. The van der Waals surface area contributed by atoms with Gasteiger partial charge in [0.05, 0.1) is 26.4 Å². The Balaban J connectivity index is 5.27. The predicted molar refractivity (Wildman–Crippen MR) is 391 cm³/mol. The number of phosphoric ester groups is 2. The van der Waals surface area contributed by atoms with E-state index in [0.717, 1.165) is 103 Å². The first kappa shape index (κ1) is 93.8. The van der Waals surface area contributed by atoms with Crippen molar-refractivity contribution in [3.63, 3.8) is 0 Å². The highest BCUT2D eigenvalue weighted by atomic mass is 31.2. The van der Waals surface area contributed by atoms with Crippen LogP contribution in [-0.2, 0) is 65.4 Å². The Hall–Kier alpha value is -2.20. The maximum Gasteiger partial charge on any atom is 0.472 e. The molecule has 0 amide bonds. The summed E-state index contributed by atoms with van der Waals surface area (Å²) in [7, 11) is -9.92. The van der Waals surface area contributed by atoms with Crippen LogP contribution in [0.5, 0.6) is 0 Å². The summed E-state index contributed by atoms with van der Waals surface area (Å²) in [6, 6.07) is 0. The molecule has 19 heteroatoms. The molecule has 0 aliphatic heterocycles. The molecule has 0 aliphatic carbocycles. The van der Waals surface area contributed by atoms with Gasteiger partial charge in [0.15, 0.2) is 12.2 Å². The predicted octanol–water partition coefficient (Wildman–Crippen LogP) is 22.8. The van der Waals surface area contributed by atoms with Gasteiger partial charge in [-0.15, -0.1) is 0 Å². The molecule has 0 saturated carbocycles. The maximum absolute atomic E-state index is 13.1. The zero-order chi connectivity index (χ0) is 70.4. The van der Waals surface area contributed by atoms with Gasteiger partial charge < -0.3 is 33.8 Å². The van der Waals surface area contributed by atoms with E-state index in [2.05, 4.69) is 39.8 Å². The van der Waals surface area contributed by atoms with Crippen LogP contribution < -0.4 is 0 Å². The number of aliphatic hydroxyl groups is 1. The molecule has 0 bridgehead atoms. The molecule has 0 fully saturated rings. The minimum absolute atomic E-state index is 0.0948. The van der Waals surface area contributed by atoms with E-state index in [1.807, 2.05) is 0 Å². The van der Waals surface area contributed by atoms with E-state index in [9.17, 15) is 43.2 Å². The third-order valence-corrected chi connectivity index (χ3v) is 19.7. The van der Waals surface area contributed by atoms with Crippen molar-refractivity contribution in [3.05, 3.63) is 12.2 Å². The number of carbonyl (C=O) groups excluding carboxylic acids is 4. The summed E-state index contributed by atoms with van der Waals surface area (Å²) >= 11 is 0. The van der Waals surface area contributed by atoms with Gasteiger partial charge in [-0.3, -0.25) is 37.3 Å². The molecule has 2 unspecified atom stereocenters. The van der Waals surface area contributed by atoms with Gasteiger partial charge in [-0.25, -0.2) is 9.13 Å². The van der Waals surface area contributed by atoms with Crippen molar-refractivity contribution in [2.24, 2.45) is 0 Å². The lowest BCUT2D eigenvalue weighted by Gasteiger charge is -2.21. The average molecular weight is 1410 g/mol. The molecule has 17 nitrogen and oxygen atoms in total. The summed E-state index contributed by atoms with van der Waals surface area (Å²) in [5, 5.41) is 10.6. The Kier molecular flexibility index (Phi) is 69.6. The van der Waals surface area contributed by atoms with E-state index in [0.29, 0.717) is 25.7 Å². The average Bonchev–Trinajstić information content (AvgIpc) is 1.14. The summed E-state index contributed by atoms with van der Waals surface area (Å²) in [6.45, 7) is 4.97. The normalized spacial score (nSPS) is 13.9. The van der Waals surface area contributed by atoms with Crippen LogP contribution in [0.1, 0.15) is 400 Å². The number of esters is 4. The van der Waals surface area contributed by atoms with Crippen molar-refractivity contribution >= 4 is 39.5 Å². The molecule has 0 aromatic heterocycles. The van der Waals surface area contributed by atoms with E-state index in [-0.39, 0.29) is 25.7 Å². The molecule has 0 rings (SSSR count). The summed E-state index contributed by atoms with van der Waals surface area (Å²) in [5.41, 5.74) is 0. The number of phosphoric acid groups is 2. The lowest BCUT2D eigenvalue weighted by atomic mass is 10.0. The van der Waals surface area contributed by atoms with Gasteiger partial charge >= 0.3 is 39.5 Å². The highest BCUT2D eigenvalue weighted by molar-refractivity contribution is 7.47. The van der Waals surface area contributed by atoms with Gasteiger partial charge in [-0.2, -0.15) is 0 Å². The standard InChI is InChI=1S/C77H148O17P2/c1-5-9-13-17-21-25-29-33-35-39-42-46-50-54-58-62-75(80)88-68-72(93-76(81)63-59-55-51-47-43-38-32-28-24-20-16-12-8-4)69-91-95(83,84)89-65-71(78)66-90-96(85,86)92-70-73(67-87-74(79)61-57-53-49-45-41-37-31-27-23-19-15-11-7-3)94-77(82)64-60-56-52-48-44-40-36-34-30-26-22-18-14-10-6-2/h28,32,71-73,78H,5-27,29-31,33-70H2,1-4H3,(H,83,84)(H,85,86)/b32-28-/t71-,72-,73-/m1/s1. The van der Waals surface area contributed by atoms with Gasteiger partial charge in [0.1, 0.15) is 19.3 Å². The molecular weight excluding hydrogens is 1260 g/mol. The van der Waals surface area contributed by atoms with Gasteiger partial charge in [-0.05, 0) is 51.4 Å². The monoisotopic (exact) mass is 1410 g/mol. The molecule has 0 aromatic carbocycles.